The Labute approximate surface area is 195 Å². The van der Waals surface area contributed by atoms with Crippen LogP contribution < -0.4 is 10.2 Å². The molecule has 0 saturated carbocycles. The zero-order chi connectivity index (χ0) is 19.9. The lowest BCUT2D eigenvalue weighted by molar-refractivity contribution is 0.372. The van der Waals surface area contributed by atoms with Crippen LogP contribution in [0.25, 0.3) is 11.5 Å². The maximum absolute atomic E-state index is 5.63. The second-order valence-electron chi connectivity index (χ2n) is 6.99. The number of nitrogens with one attached hydrogen (secondary N) is 1. The zero-order valence-corrected chi connectivity index (χ0v) is 19.5. The summed E-state index contributed by atoms with van der Waals surface area (Å²) >= 11 is 0. The lowest BCUT2D eigenvalue weighted by Crippen LogP contribution is -2.52. The molecule has 0 radical (unpaired) electrons. The number of aliphatic imine (C=N–C) groups is 1. The standard InChI is InChI=1S/C23H27N5O.HI/c1-2-24-23(28-15-13-27(14-16-28)21-11-7-4-8-12-21)25-17-20-18-29-22(26-20)19-9-5-3-6-10-19;/h3-12,18H,2,13-17H2,1H3,(H,24,25);1H. The number of rotatable bonds is 5. The van der Waals surface area contributed by atoms with Crippen molar-refractivity contribution >= 4 is 35.6 Å². The summed E-state index contributed by atoms with van der Waals surface area (Å²) in [7, 11) is 0. The van der Waals surface area contributed by atoms with Gasteiger partial charge in [0, 0.05) is 44.0 Å². The van der Waals surface area contributed by atoms with E-state index in [1.165, 1.54) is 5.69 Å². The quantitative estimate of drug-likeness (QED) is 0.312. The van der Waals surface area contributed by atoms with Gasteiger partial charge in [0.2, 0.25) is 5.89 Å². The van der Waals surface area contributed by atoms with Crippen LogP contribution in [-0.2, 0) is 6.54 Å². The fraction of sp³-hybridized carbons (Fsp3) is 0.304. The van der Waals surface area contributed by atoms with Crippen LogP contribution in [0.1, 0.15) is 12.6 Å². The summed E-state index contributed by atoms with van der Waals surface area (Å²) in [4.78, 5) is 14.1. The predicted octanol–water partition coefficient (Wildman–Crippen LogP) is 4.25. The average molecular weight is 517 g/mol. The second-order valence-corrected chi connectivity index (χ2v) is 6.99. The monoisotopic (exact) mass is 517 g/mol. The van der Waals surface area contributed by atoms with Gasteiger partial charge in [-0.25, -0.2) is 9.98 Å². The number of oxazole rings is 1. The fourth-order valence-corrected chi connectivity index (χ4v) is 3.49. The van der Waals surface area contributed by atoms with Crippen LogP contribution in [0.3, 0.4) is 0 Å². The van der Waals surface area contributed by atoms with Gasteiger partial charge in [-0.3, -0.25) is 0 Å². The SMILES string of the molecule is CCNC(=NCc1coc(-c2ccccc2)n1)N1CCN(c2ccccc2)CC1.I. The van der Waals surface area contributed by atoms with Gasteiger partial charge in [0.05, 0.1) is 6.54 Å². The van der Waals surface area contributed by atoms with E-state index in [9.17, 15) is 0 Å². The molecule has 1 aliphatic rings. The molecule has 3 aromatic rings. The first-order valence-electron chi connectivity index (χ1n) is 10.2. The van der Waals surface area contributed by atoms with E-state index >= 15 is 0 Å². The number of nitrogens with zero attached hydrogens (tertiary/aromatic N) is 4. The van der Waals surface area contributed by atoms with Gasteiger partial charge < -0.3 is 19.5 Å². The molecule has 30 heavy (non-hydrogen) atoms. The van der Waals surface area contributed by atoms with E-state index in [0.29, 0.717) is 12.4 Å². The molecule has 1 aromatic heterocycles. The van der Waals surface area contributed by atoms with Crippen molar-refractivity contribution in [2.75, 3.05) is 37.6 Å². The molecule has 0 aliphatic carbocycles. The molecular formula is C23H28IN5O. The van der Waals surface area contributed by atoms with Crippen LogP contribution >= 0.6 is 24.0 Å². The number of hydrogen-bond acceptors (Lipinski definition) is 4. The third kappa shape index (κ3) is 5.53. The number of piperazine rings is 1. The van der Waals surface area contributed by atoms with Crippen LogP contribution in [-0.4, -0.2) is 48.6 Å². The number of benzene rings is 2. The van der Waals surface area contributed by atoms with Gasteiger partial charge in [0.1, 0.15) is 12.0 Å². The largest absolute Gasteiger partial charge is 0.444 e. The zero-order valence-electron chi connectivity index (χ0n) is 17.2. The number of para-hydroxylation sites is 1. The molecule has 1 N–H and O–H groups in total. The van der Waals surface area contributed by atoms with Crippen LogP contribution in [0.15, 0.2) is 76.3 Å². The molecule has 0 bridgehead atoms. The molecule has 1 aliphatic heterocycles. The molecule has 0 unspecified atom stereocenters. The molecule has 1 saturated heterocycles. The minimum Gasteiger partial charge on any atom is -0.444 e. The van der Waals surface area contributed by atoms with E-state index in [1.54, 1.807) is 6.26 Å². The topological polar surface area (TPSA) is 56.9 Å². The molecule has 4 rings (SSSR count). The van der Waals surface area contributed by atoms with Gasteiger partial charge in [0.25, 0.3) is 0 Å². The summed E-state index contributed by atoms with van der Waals surface area (Å²) in [6.07, 6.45) is 1.70. The summed E-state index contributed by atoms with van der Waals surface area (Å²) in [5.74, 6) is 1.57. The third-order valence-electron chi connectivity index (χ3n) is 5.00. The molecule has 158 valence electrons. The predicted molar refractivity (Wildman–Crippen MR) is 132 cm³/mol. The normalized spacial score (nSPS) is 14.4. The lowest BCUT2D eigenvalue weighted by atomic mass is 10.2. The maximum Gasteiger partial charge on any atom is 0.226 e. The van der Waals surface area contributed by atoms with Crippen molar-refractivity contribution in [2.24, 2.45) is 4.99 Å². The van der Waals surface area contributed by atoms with Crippen molar-refractivity contribution < 1.29 is 4.42 Å². The Balaban J connectivity index is 0.00000256. The second kappa shape index (κ2) is 11.0. The minimum atomic E-state index is 0. The smallest absolute Gasteiger partial charge is 0.226 e. The number of guanidine groups is 1. The van der Waals surface area contributed by atoms with Gasteiger partial charge in [-0.05, 0) is 31.2 Å². The molecule has 0 atom stereocenters. The first-order chi connectivity index (χ1) is 14.3. The highest BCUT2D eigenvalue weighted by Gasteiger charge is 2.19. The summed E-state index contributed by atoms with van der Waals surface area (Å²) in [6.45, 7) is 7.28. The van der Waals surface area contributed by atoms with Crippen molar-refractivity contribution in [1.29, 1.82) is 0 Å². The average Bonchev–Trinajstić information content (AvgIpc) is 3.27. The van der Waals surface area contributed by atoms with Gasteiger partial charge in [-0.2, -0.15) is 0 Å². The molecule has 0 spiro atoms. The van der Waals surface area contributed by atoms with Crippen LogP contribution in [0.2, 0.25) is 0 Å². The molecule has 1 fully saturated rings. The highest BCUT2D eigenvalue weighted by Crippen LogP contribution is 2.19. The molecule has 6 nitrogen and oxygen atoms in total. The Bertz CT molecular complexity index is 921. The van der Waals surface area contributed by atoms with E-state index in [2.05, 4.69) is 57.4 Å². The number of aromatic nitrogens is 1. The molecule has 0 amide bonds. The van der Waals surface area contributed by atoms with Gasteiger partial charge in [0.15, 0.2) is 5.96 Å². The lowest BCUT2D eigenvalue weighted by Gasteiger charge is -2.37. The Morgan fingerprint density at radius 3 is 2.33 bits per heavy atom. The molecule has 2 aromatic carbocycles. The van der Waals surface area contributed by atoms with Crippen molar-refractivity contribution in [2.45, 2.75) is 13.5 Å². The van der Waals surface area contributed by atoms with Crippen molar-refractivity contribution in [1.82, 2.24) is 15.2 Å². The molecular weight excluding hydrogens is 489 g/mol. The van der Waals surface area contributed by atoms with Crippen LogP contribution in [0.4, 0.5) is 5.69 Å². The third-order valence-corrected chi connectivity index (χ3v) is 5.00. The first kappa shape index (κ1) is 22.1. The number of halogens is 1. The minimum absolute atomic E-state index is 0. The van der Waals surface area contributed by atoms with Crippen molar-refractivity contribution in [3.05, 3.63) is 72.6 Å². The van der Waals surface area contributed by atoms with Crippen molar-refractivity contribution in [3.8, 4) is 11.5 Å². The van der Waals surface area contributed by atoms with Gasteiger partial charge in [-0.15, -0.1) is 24.0 Å². The highest BCUT2D eigenvalue weighted by molar-refractivity contribution is 14.0. The van der Waals surface area contributed by atoms with Crippen molar-refractivity contribution in [3.63, 3.8) is 0 Å². The summed E-state index contributed by atoms with van der Waals surface area (Å²) < 4.78 is 5.63. The first-order valence-corrected chi connectivity index (χ1v) is 10.2. The highest BCUT2D eigenvalue weighted by atomic mass is 127. The van der Waals surface area contributed by atoms with Crippen LogP contribution in [0.5, 0.6) is 0 Å². The Morgan fingerprint density at radius 2 is 1.67 bits per heavy atom. The Kier molecular flexibility index (Phi) is 8.12. The Hall–Kier alpha value is -2.55. The fourth-order valence-electron chi connectivity index (χ4n) is 3.49. The van der Waals surface area contributed by atoms with E-state index < -0.39 is 0 Å². The van der Waals surface area contributed by atoms with Gasteiger partial charge >= 0.3 is 0 Å². The van der Waals surface area contributed by atoms with Gasteiger partial charge in [-0.1, -0.05) is 36.4 Å². The Morgan fingerprint density at radius 1 is 1.00 bits per heavy atom. The van der Waals surface area contributed by atoms with Crippen LogP contribution in [0, 0.1) is 0 Å². The summed E-state index contributed by atoms with van der Waals surface area (Å²) in [6, 6.07) is 20.5. The van der Waals surface area contributed by atoms with E-state index in [-0.39, 0.29) is 24.0 Å². The number of hydrogen-bond donors (Lipinski definition) is 1. The molecule has 2 heterocycles. The number of anilines is 1. The summed E-state index contributed by atoms with van der Waals surface area (Å²) in [5, 5.41) is 3.41. The van der Waals surface area contributed by atoms with E-state index in [1.807, 2.05) is 30.3 Å². The molecule has 7 heteroatoms. The van der Waals surface area contributed by atoms with E-state index in [4.69, 9.17) is 9.41 Å². The summed E-state index contributed by atoms with van der Waals surface area (Å²) in [5.41, 5.74) is 3.10. The maximum atomic E-state index is 5.63. The van der Waals surface area contributed by atoms with E-state index in [0.717, 1.165) is 49.9 Å².